The summed E-state index contributed by atoms with van der Waals surface area (Å²) in [5.41, 5.74) is 3.85. The van der Waals surface area contributed by atoms with E-state index in [1.165, 1.54) is 0 Å². The molecule has 0 fully saturated rings. The number of fused-ring (bicyclic) bond motifs is 1. The van der Waals surface area contributed by atoms with Crippen molar-refractivity contribution in [3.8, 4) is 34.1 Å². The lowest BCUT2D eigenvalue weighted by atomic mass is 10.0. The second-order valence-corrected chi connectivity index (χ2v) is 7.89. The third kappa shape index (κ3) is 4.41. The predicted octanol–water partition coefficient (Wildman–Crippen LogP) is 4.26. The largest absolute Gasteiger partial charge is 0.507 e. The van der Waals surface area contributed by atoms with Crippen LogP contribution in [0.4, 0.5) is 5.95 Å². The number of methoxy groups -OCH3 is 1. The van der Waals surface area contributed by atoms with Crippen LogP contribution in [0.1, 0.15) is 23.7 Å². The zero-order valence-electron chi connectivity index (χ0n) is 19.2. The molecule has 0 aliphatic rings. The smallest absolute Gasteiger partial charge is 0.258 e. The predicted molar refractivity (Wildman–Crippen MR) is 131 cm³/mol. The monoisotopic (exact) mass is 469 g/mol. The Morgan fingerprint density at radius 2 is 2.03 bits per heavy atom. The summed E-state index contributed by atoms with van der Waals surface area (Å²) in [5, 5.41) is 17.5. The molecule has 0 saturated heterocycles. The molecule has 0 spiro atoms. The topological polar surface area (TPSA) is 131 Å². The van der Waals surface area contributed by atoms with Crippen molar-refractivity contribution >= 4 is 22.9 Å². The number of imidazole rings is 1. The number of rotatable bonds is 7. The summed E-state index contributed by atoms with van der Waals surface area (Å²) in [6.07, 6.45) is 4.16. The molecule has 0 unspecified atom stereocenters. The Morgan fingerprint density at radius 3 is 2.86 bits per heavy atom. The molecule has 0 aliphatic carbocycles. The molecule has 3 N–H and O–H groups in total. The maximum atomic E-state index is 12.7. The number of amides is 1. The first kappa shape index (κ1) is 22.1. The van der Waals surface area contributed by atoms with Crippen LogP contribution in [-0.2, 0) is 6.54 Å². The maximum Gasteiger partial charge on any atom is 0.258 e. The zero-order valence-corrected chi connectivity index (χ0v) is 19.2. The molecule has 176 valence electrons. The number of phenolic OH excluding ortho intramolecular Hbond substituents is 1. The van der Waals surface area contributed by atoms with Gasteiger partial charge in [0.25, 0.3) is 5.91 Å². The number of aromatic amines is 1. The Morgan fingerprint density at radius 1 is 1.14 bits per heavy atom. The highest BCUT2D eigenvalue weighted by Gasteiger charge is 2.16. The van der Waals surface area contributed by atoms with Gasteiger partial charge in [-0.2, -0.15) is 0 Å². The van der Waals surface area contributed by atoms with Crippen molar-refractivity contribution in [2.75, 3.05) is 12.4 Å². The molecule has 0 bridgehead atoms. The first-order chi connectivity index (χ1) is 17.1. The van der Waals surface area contributed by atoms with Crippen LogP contribution in [0, 0.1) is 0 Å². The van der Waals surface area contributed by atoms with Gasteiger partial charge in [-0.3, -0.25) is 14.8 Å². The molecular formula is C25H23N7O3. The lowest BCUT2D eigenvalue weighted by Gasteiger charge is -2.09. The fraction of sp³-hybridized carbons (Fsp3) is 0.160. The number of aromatic nitrogens is 6. The summed E-state index contributed by atoms with van der Waals surface area (Å²) >= 11 is 0. The highest BCUT2D eigenvalue weighted by atomic mass is 16.5. The Hall–Kier alpha value is -4.73. The Bertz CT molecular complexity index is 1520. The van der Waals surface area contributed by atoms with E-state index in [4.69, 9.17) is 4.74 Å². The van der Waals surface area contributed by atoms with Crippen LogP contribution in [0.3, 0.4) is 0 Å². The third-order valence-corrected chi connectivity index (χ3v) is 5.49. The fourth-order valence-electron chi connectivity index (χ4n) is 3.80. The van der Waals surface area contributed by atoms with Crippen LogP contribution in [0.5, 0.6) is 11.6 Å². The molecule has 3 heterocycles. The number of nitrogens with one attached hydrogen (secondary N) is 2. The molecule has 35 heavy (non-hydrogen) atoms. The van der Waals surface area contributed by atoms with E-state index in [2.05, 4.69) is 30.4 Å². The molecule has 3 aromatic heterocycles. The second-order valence-electron chi connectivity index (χ2n) is 7.89. The fourth-order valence-corrected chi connectivity index (χ4v) is 3.80. The summed E-state index contributed by atoms with van der Waals surface area (Å²) in [6, 6.07) is 14.1. The van der Waals surface area contributed by atoms with Crippen LogP contribution < -0.4 is 10.1 Å². The average molecular weight is 470 g/mol. The minimum Gasteiger partial charge on any atom is -0.507 e. The molecule has 2 aromatic carbocycles. The SMILES string of the molecule is CCCn1cnc(NC(=O)c2ccc3[nH]c(-c4cc(-c5cccnc5OC)ccc4O)nc3c2)n1. The molecule has 5 aromatic rings. The van der Waals surface area contributed by atoms with Crippen LogP contribution in [0.15, 0.2) is 61.1 Å². The Balaban J connectivity index is 1.44. The van der Waals surface area contributed by atoms with Crippen molar-refractivity contribution < 1.29 is 14.6 Å². The van der Waals surface area contributed by atoms with Gasteiger partial charge in [0.05, 0.1) is 23.7 Å². The van der Waals surface area contributed by atoms with E-state index in [-0.39, 0.29) is 17.6 Å². The van der Waals surface area contributed by atoms with E-state index in [1.807, 2.05) is 25.1 Å². The van der Waals surface area contributed by atoms with Gasteiger partial charge in [-0.05, 0) is 54.4 Å². The number of anilines is 1. The maximum absolute atomic E-state index is 12.7. The molecule has 10 nitrogen and oxygen atoms in total. The van der Waals surface area contributed by atoms with Crippen molar-refractivity contribution in [1.29, 1.82) is 0 Å². The summed E-state index contributed by atoms with van der Waals surface area (Å²) in [7, 11) is 1.56. The van der Waals surface area contributed by atoms with Crippen molar-refractivity contribution in [1.82, 2.24) is 29.7 Å². The first-order valence-corrected chi connectivity index (χ1v) is 11.1. The number of hydrogen-bond acceptors (Lipinski definition) is 7. The number of aryl methyl sites for hydroxylation is 1. The number of ether oxygens (including phenoxy) is 1. The highest BCUT2D eigenvalue weighted by molar-refractivity contribution is 6.05. The van der Waals surface area contributed by atoms with Crippen molar-refractivity contribution in [2.24, 2.45) is 0 Å². The Kier molecular flexibility index (Phi) is 5.84. The van der Waals surface area contributed by atoms with Crippen molar-refractivity contribution in [2.45, 2.75) is 19.9 Å². The summed E-state index contributed by atoms with van der Waals surface area (Å²) < 4.78 is 7.05. The summed E-state index contributed by atoms with van der Waals surface area (Å²) in [6.45, 7) is 2.77. The number of carbonyl (C=O) groups is 1. The average Bonchev–Trinajstić information content (AvgIpc) is 3.50. The molecule has 0 saturated carbocycles. The first-order valence-electron chi connectivity index (χ1n) is 11.1. The summed E-state index contributed by atoms with van der Waals surface area (Å²) in [5.74, 6) is 0.943. The number of carbonyl (C=O) groups excluding carboxylic acids is 1. The van der Waals surface area contributed by atoms with Crippen LogP contribution in [0.25, 0.3) is 33.5 Å². The van der Waals surface area contributed by atoms with Gasteiger partial charge in [-0.15, -0.1) is 5.10 Å². The van der Waals surface area contributed by atoms with E-state index in [9.17, 15) is 9.90 Å². The quantitative estimate of drug-likeness (QED) is 0.325. The minimum absolute atomic E-state index is 0.0716. The highest BCUT2D eigenvalue weighted by Crippen LogP contribution is 2.35. The van der Waals surface area contributed by atoms with E-state index < -0.39 is 0 Å². The number of nitrogens with zero attached hydrogens (tertiary/aromatic N) is 5. The van der Waals surface area contributed by atoms with Crippen LogP contribution in [0.2, 0.25) is 0 Å². The zero-order chi connectivity index (χ0) is 24.4. The number of phenols is 1. The molecule has 0 atom stereocenters. The normalized spacial score (nSPS) is 11.0. The van der Waals surface area contributed by atoms with Crippen LogP contribution >= 0.6 is 0 Å². The molecule has 10 heteroatoms. The van der Waals surface area contributed by atoms with E-state index in [0.29, 0.717) is 28.3 Å². The standard InChI is InChI=1S/C25H23N7O3/c1-3-11-32-14-27-25(31-32)30-23(34)16-6-8-19-20(13-16)29-22(28-19)18-12-15(7-9-21(18)33)17-5-4-10-26-24(17)35-2/h4-10,12-14,33H,3,11H2,1-2H3,(H,28,29)(H,30,31,34). The van der Waals surface area contributed by atoms with E-state index >= 15 is 0 Å². The third-order valence-electron chi connectivity index (χ3n) is 5.49. The number of hydrogen-bond donors (Lipinski definition) is 3. The van der Waals surface area contributed by atoms with E-state index in [0.717, 1.165) is 29.6 Å². The Labute approximate surface area is 200 Å². The van der Waals surface area contributed by atoms with Gasteiger partial charge in [0.1, 0.15) is 17.9 Å². The van der Waals surface area contributed by atoms with Gasteiger partial charge < -0.3 is 14.8 Å². The van der Waals surface area contributed by atoms with Gasteiger partial charge in [0.15, 0.2) is 0 Å². The minimum atomic E-state index is -0.334. The lowest BCUT2D eigenvalue weighted by molar-refractivity contribution is 0.102. The molecule has 0 aliphatic heterocycles. The number of benzene rings is 2. The molecule has 1 amide bonds. The van der Waals surface area contributed by atoms with Crippen LogP contribution in [-0.4, -0.2) is 47.8 Å². The van der Waals surface area contributed by atoms with Crippen molar-refractivity contribution in [3.05, 3.63) is 66.6 Å². The molecule has 0 radical (unpaired) electrons. The van der Waals surface area contributed by atoms with E-state index in [1.54, 1.807) is 54.6 Å². The molecular weight excluding hydrogens is 446 g/mol. The van der Waals surface area contributed by atoms with Gasteiger partial charge in [0, 0.05) is 23.9 Å². The van der Waals surface area contributed by atoms with Gasteiger partial charge >= 0.3 is 0 Å². The van der Waals surface area contributed by atoms with Crippen molar-refractivity contribution in [3.63, 3.8) is 0 Å². The lowest BCUT2D eigenvalue weighted by Crippen LogP contribution is -2.13. The number of pyridine rings is 1. The van der Waals surface area contributed by atoms with Gasteiger partial charge in [-0.1, -0.05) is 13.0 Å². The number of H-pyrrole nitrogens is 1. The van der Waals surface area contributed by atoms with Gasteiger partial charge in [0.2, 0.25) is 11.8 Å². The number of aromatic hydroxyl groups is 1. The summed E-state index contributed by atoms with van der Waals surface area (Å²) in [4.78, 5) is 28.9. The molecule has 5 rings (SSSR count). The second kappa shape index (κ2) is 9.26. The van der Waals surface area contributed by atoms with Gasteiger partial charge in [-0.25, -0.2) is 15.0 Å².